The van der Waals surface area contributed by atoms with Crippen molar-refractivity contribution in [2.75, 3.05) is 26.2 Å². The van der Waals surface area contributed by atoms with E-state index in [4.69, 9.17) is 5.73 Å². The maximum absolute atomic E-state index is 12.4. The zero-order chi connectivity index (χ0) is 11.8. The van der Waals surface area contributed by atoms with Gasteiger partial charge in [-0.3, -0.25) is 0 Å². The van der Waals surface area contributed by atoms with Crippen molar-refractivity contribution in [3.8, 4) is 0 Å². The van der Waals surface area contributed by atoms with E-state index >= 15 is 0 Å². The zero-order valence-corrected chi connectivity index (χ0v) is 9.39. The Bertz CT molecular complexity index is 240. The third kappa shape index (κ3) is 2.69. The highest BCUT2D eigenvalue weighted by molar-refractivity contribution is 4.97. The molecule has 2 N–H and O–H groups in total. The molecule has 0 aromatic heterocycles. The van der Waals surface area contributed by atoms with Gasteiger partial charge in [-0.1, -0.05) is 0 Å². The monoisotopic (exact) mass is 236 g/mol. The average Bonchev–Trinajstić information content (AvgIpc) is 2.98. The van der Waals surface area contributed by atoms with E-state index < -0.39 is 12.1 Å². The normalized spacial score (nSPS) is 27.0. The fraction of sp³-hybridized carbons (Fsp3) is 1.00. The van der Waals surface area contributed by atoms with Gasteiger partial charge in [-0.25, -0.2) is 0 Å². The molecule has 2 aliphatic rings. The van der Waals surface area contributed by atoms with E-state index in [0.29, 0.717) is 19.6 Å². The van der Waals surface area contributed by atoms with Crippen molar-refractivity contribution in [2.45, 2.75) is 31.9 Å². The molecule has 2 nitrogen and oxygen atoms in total. The Morgan fingerprint density at radius 1 is 1.19 bits per heavy atom. The van der Waals surface area contributed by atoms with Gasteiger partial charge in [0.1, 0.15) is 0 Å². The summed E-state index contributed by atoms with van der Waals surface area (Å²) < 4.78 is 37.3. The fourth-order valence-corrected chi connectivity index (χ4v) is 2.50. The molecule has 0 radical (unpaired) electrons. The van der Waals surface area contributed by atoms with Gasteiger partial charge in [0.15, 0.2) is 0 Å². The molecule has 0 spiro atoms. The van der Waals surface area contributed by atoms with Gasteiger partial charge in [0.25, 0.3) is 0 Å². The van der Waals surface area contributed by atoms with Crippen LogP contribution in [0.25, 0.3) is 0 Å². The lowest BCUT2D eigenvalue weighted by atomic mass is 9.95. The second kappa shape index (κ2) is 4.18. The molecular weight excluding hydrogens is 217 g/mol. The molecule has 0 amide bonds. The first kappa shape index (κ1) is 12.2. The topological polar surface area (TPSA) is 29.3 Å². The van der Waals surface area contributed by atoms with Crippen molar-refractivity contribution in [1.29, 1.82) is 0 Å². The lowest BCUT2D eigenvalue weighted by Gasteiger charge is -2.34. The number of likely N-dealkylation sites (tertiary alicyclic amines) is 1. The number of nitrogens with zero attached hydrogens (tertiary/aromatic N) is 1. The van der Waals surface area contributed by atoms with Gasteiger partial charge < -0.3 is 10.6 Å². The highest BCUT2D eigenvalue weighted by atomic mass is 19.4. The Hall–Kier alpha value is -0.290. The van der Waals surface area contributed by atoms with Crippen LogP contribution in [0.5, 0.6) is 0 Å². The van der Waals surface area contributed by atoms with Crippen LogP contribution in [0.4, 0.5) is 13.2 Å². The number of alkyl halides is 3. The first-order valence-corrected chi connectivity index (χ1v) is 5.94. The molecule has 1 aliphatic heterocycles. The summed E-state index contributed by atoms with van der Waals surface area (Å²) in [5.74, 6) is -1.09. The van der Waals surface area contributed by atoms with E-state index in [1.54, 1.807) is 0 Å². The third-order valence-corrected chi connectivity index (χ3v) is 4.00. The van der Waals surface area contributed by atoms with Crippen molar-refractivity contribution in [3.63, 3.8) is 0 Å². The minimum Gasteiger partial charge on any atom is -0.330 e. The lowest BCUT2D eigenvalue weighted by molar-refractivity contribution is -0.185. The first-order valence-electron chi connectivity index (χ1n) is 5.94. The second-order valence-corrected chi connectivity index (χ2v) is 5.30. The summed E-state index contributed by atoms with van der Waals surface area (Å²) in [6, 6.07) is 0. The minimum absolute atomic E-state index is 0.241. The van der Waals surface area contributed by atoms with Crippen molar-refractivity contribution >= 4 is 0 Å². The number of piperidine rings is 1. The fourth-order valence-electron chi connectivity index (χ4n) is 2.50. The Morgan fingerprint density at radius 3 is 2.12 bits per heavy atom. The highest BCUT2D eigenvalue weighted by Gasteiger charge is 2.45. The van der Waals surface area contributed by atoms with Crippen molar-refractivity contribution < 1.29 is 13.2 Å². The van der Waals surface area contributed by atoms with Crippen molar-refractivity contribution in [2.24, 2.45) is 17.1 Å². The van der Waals surface area contributed by atoms with Crippen LogP contribution in [0, 0.1) is 11.3 Å². The van der Waals surface area contributed by atoms with Crippen molar-refractivity contribution in [3.05, 3.63) is 0 Å². The second-order valence-electron chi connectivity index (χ2n) is 5.30. The van der Waals surface area contributed by atoms with Gasteiger partial charge in [-0.15, -0.1) is 0 Å². The molecule has 0 aromatic rings. The molecule has 0 unspecified atom stereocenters. The molecule has 1 saturated carbocycles. The Morgan fingerprint density at radius 2 is 1.75 bits per heavy atom. The van der Waals surface area contributed by atoms with Crippen LogP contribution >= 0.6 is 0 Å². The van der Waals surface area contributed by atoms with Crippen LogP contribution < -0.4 is 5.73 Å². The summed E-state index contributed by atoms with van der Waals surface area (Å²) in [6.45, 7) is 2.72. The summed E-state index contributed by atoms with van der Waals surface area (Å²) in [5.41, 5.74) is 5.92. The Labute approximate surface area is 94.0 Å². The first-order chi connectivity index (χ1) is 7.45. The molecule has 0 aromatic carbocycles. The van der Waals surface area contributed by atoms with Gasteiger partial charge in [-0.05, 0) is 50.7 Å². The molecule has 1 heterocycles. The molecule has 16 heavy (non-hydrogen) atoms. The van der Waals surface area contributed by atoms with E-state index in [2.05, 4.69) is 4.90 Å². The SMILES string of the molecule is NCC1(CN2CCC(C(F)(F)F)CC2)CC1. The van der Waals surface area contributed by atoms with Gasteiger partial charge in [0.05, 0.1) is 5.92 Å². The highest BCUT2D eigenvalue weighted by Crippen LogP contribution is 2.46. The van der Waals surface area contributed by atoms with E-state index in [-0.39, 0.29) is 18.3 Å². The maximum Gasteiger partial charge on any atom is 0.391 e. The van der Waals surface area contributed by atoms with Crippen LogP contribution in [-0.4, -0.2) is 37.3 Å². The Balaban J connectivity index is 1.77. The number of rotatable bonds is 3. The summed E-state index contributed by atoms with van der Waals surface area (Å²) in [4.78, 5) is 2.15. The van der Waals surface area contributed by atoms with E-state index in [1.807, 2.05) is 0 Å². The third-order valence-electron chi connectivity index (χ3n) is 4.00. The molecule has 94 valence electrons. The van der Waals surface area contributed by atoms with Crippen LogP contribution in [0.3, 0.4) is 0 Å². The molecule has 1 saturated heterocycles. The molecule has 0 bridgehead atoms. The van der Waals surface area contributed by atoms with Crippen LogP contribution in [0.2, 0.25) is 0 Å². The molecule has 5 heteroatoms. The van der Waals surface area contributed by atoms with Crippen molar-refractivity contribution in [1.82, 2.24) is 4.90 Å². The van der Waals surface area contributed by atoms with Gasteiger partial charge in [-0.2, -0.15) is 13.2 Å². The minimum atomic E-state index is -4.00. The molecule has 2 rings (SSSR count). The molecular formula is C11H19F3N2. The summed E-state index contributed by atoms with van der Waals surface area (Å²) in [5, 5.41) is 0. The van der Waals surface area contributed by atoms with Crippen LogP contribution in [-0.2, 0) is 0 Å². The molecule has 2 fully saturated rings. The predicted octanol–water partition coefficient (Wildman–Crippen LogP) is 2.00. The maximum atomic E-state index is 12.4. The summed E-state index contributed by atoms with van der Waals surface area (Å²) >= 11 is 0. The largest absolute Gasteiger partial charge is 0.391 e. The van der Waals surface area contributed by atoms with E-state index in [0.717, 1.165) is 19.4 Å². The average molecular weight is 236 g/mol. The lowest BCUT2D eigenvalue weighted by Crippen LogP contribution is -2.42. The van der Waals surface area contributed by atoms with Gasteiger partial charge >= 0.3 is 6.18 Å². The summed E-state index contributed by atoms with van der Waals surface area (Å²) in [7, 11) is 0. The van der Waals surface area contributed by atoms with Gasteiger partial charge in [0.2, 0.25) is 0 Å². The smallest absolute Gasteiger partial charge is 0.330 e. The van der Waals surface area contributed by atoms with E-state index in [9.17, 15) is 13.2 Å². The number of hydrogen-bond acceptors (Lipinski definition) is 2. The van der Waals surface area contributed by atoms with Crippen LogP contribution in [0.1, 0.15) is 25.7 Å². The summed E-state index contributed by atoms with van der Waals surface area (Å²) in [6.07, 6.45) is -1.21. The van der Waals surface area contributed by atoms with Crippen LogP contribution in [0.15, 0.2) is 0 Å². The standard InChI is InChI=1S/C11H19F3N2/c12-11(13,14)9-1-5-16(6-2-9)8-10(7-15)3-4-10/h9H,1-8,15H2. The number of halogens is 3. The molecule has 0 atom stereocenters. The molecule has 1 aliphatic carbocycles. The van der Waals surface area contributed by atoms with Gasteiger partial charge in [0, 0.05) is 6.54 Å². The number of hydrogen-bond donors (Lipinski definition) is 1. The quantitative estimate of drug-likeness (QED) is 0.812. The number of nitrogens with two attached hydrogens (primary N) is 1. The Kier molecular flexibility index (Phi) is 3.18. The zero-order valence-electron chi connectivity index (χ0n) is 9.39. The van der Waals surface area contributed by atoms with E-state index in [1.165, 1.54) is 0 Å². The predicted molar refractivity (Wildman–Crippen MR) is 55.9 cm³/mol.